The molecule has 2 N–H and O–H groups in total. The first kappa shape index (κ1) is 13.6. The molecule has 0 aromatic heterocycles. The van der Waals surface area contributed by atoms with Gasteiger partial charge in [0.1, 0.15) is 6.04 Å². The normalized spacial score (nSPS) is 21.6. The van der Waals surface area contributed by atoms with Crippen molar-refractivity contribution in [1.29, 1.82) is 0 Å². The van der Waals surface area contributed by atoms with Crippen LogP contribution in [0, 0.1) is 5.92 Å². The van der Waals surface area contributed by atoms with Gasteiger partial charge in [-0.1, -0.05) is 43.5 Å². The molecule has 3 nitrogen and oxygen atoms in total. The van der Waals surface area contributed by atoms with Crippen LogP contribution >= 0.6 is 0 Å². The van der Waals surface area contributed by atoms with E-state index in [2.05, 4.69) is 29.6 Å². The van der Waals surface area contributed by atoms with Gasteiger partial charge in [-0.25, -0.2) is 0 Å². The summed E-state index contributed by atoms with van der Waals surface area (Å²) in [6.07, 6.45) is 7.67. The van der Waals surface area contributed by atoms with Crippen LogP contribution in [0.3, 0.4) is 0 Å². The number of carbonyl (C=O) groups is 1. The number of rotatable bonds is 4. The van der Waals surface area contributed by atoms with Crippen LogP contribution in [0.25, 0.3) is 0 Å². The third kappa shape index (κ3) is 2.88. The summed E-state index contributed by atoms with van der Waals surface area (Å²) in [5.41, 5.74) is 2.75. The number of carboxylic acids is 1. The number of benzene rings is 1. The molecule has 2 aliphatic carbocycles. The second-order valence-electron chi connectivity index (χ2n) is 6.25. The predicted octanol–water partition coefficient (Wildman–Crippen LogP) is 2.78. The molecule has 0 amide bonds. The van der Waals surface area contributed by atoms with E-state index in [1.165, 1.54) is 30.4 Å². The maximum absolute atomic E-state index is 11.6. The summed E-state index contributed by atoms with van der Waals surface area (Å²) < 4.78 is 0. The molecule has 0 heterocycles. The van der Waals surface area contributed by atoms with Gasteiger partial charge in [0.15, 0.2) is 0 Å². The lowest BCUT2D eigenvalue weighted by Gasteiger charge is -2.30. The third-order valence-corrected chi connectivity index (χ3v) is 4.85. The Morgan fingerprint density at radius 3 is 2.25 bits per heavy atom. The number of aliphatic carboxylic acids is 1. The Kier molecular flexibility index (Phi) is 4.06. The Bertz CT molecular complexity index is 455. The van der Waals surface area contributed by atoms with Crippen molar-refractivity contribution >= 4 is 5.97 Å². The lowest BCUT2D eigenvalue weighted by atomic mass is 9.83. The summed E-state index contributed by atoms with van der Waals surface area (Å²) in [6, 6.07) is 8.37. The highest BCUT2D eigenvalue weighted by molar-refractivity contribution is 5.74. The van der Waals surface area contributed by atoms with E-state index in [0.29, 0.717) is 5.92 Å². The van der Waals surface area contributed by atoms with Gasteiger partial charge in [0, 0.05) is 6.04 Å². The Labute approximate surface area is 120 Å². The van der Waals surface area contributed by atoms with E-state index in [0.717, 1.165) is 25.7 Å². The van der Waals surface area contributed by atoms with Crippen molar-refractivity contribution in [2.75, 3.05) is 0 Å². The number of nitrogens with one attached hydrogen (secondary N) is 1. The fourth-order valence-electron chi connectivity index (χ4n) is 3.81. The van der Waals surface area contributed by atoms with Crippen LogP contribution in [0.4, 0.5) is 0 Å². The van der Waals surface area contributed by atoms with Crippen LogP contribution in [0.5, 0.6) is 0 Å². The molecule has 20 heavy (non-hydrogen) atoms. The standard InChI is InChI=1S/C17H23NO2/c19-17(20)16(12-6-2-1-3-7-12)18-15-10-13-8-4-5-9-14(13)11-15/h4-5,8-9,12,15-16,18H,1-3,6-7,10-11H2,(H,19,20)/t16-/m0/s1. The summed E-state index contributed by atoms with van der Waals surface area (Å²) in [7, 11) is 0. The number of hydrogen-bond acceptors (Lipinski definition) is 2. The number of hydrogen-bond donors (Lipinski definition) is 2. The van der Waals surface area contributed by atoms with E-state index in [1.807, 2.05) is 0 Å². The minimum atomic E-state index is -0.673. The van der Waals surface area contributed by atoms with Crippen molar-refractivity contribution in [1.82, 2.24) is 5.32 Å². The maximum Gasteiger partial charge on any atom is 0.320 e. The lowest BCUT2D eigenvalue weighted by molar-refractivity contribution is -0.141. The molecule has 1 fully saturated rings. The zero-order valence-corrected chi connectivity index (χ0v) is 11.8. The molecule has 0 spiro atoms. The molecule has 0 aliphatic heterocycles. The molecule has 1 aromatic carbocycles. The van der Waals surface area contributed by atoms with Gasteiger partial charge in [0.25, 0.3) is 0 Å². The first-order valence-electron chi connectivity index (χ1n) is 7.79. The molecule has 108 valence electrons. The molecule has 0 unspecified atom stereocenters. The van der Waals surface area contributed by atoms with Crippen LogP contribution in [-0.2, 0) is 17.6 Å². The van der Waals surface area contributed by atoms with Crippen LogP contribution in [-0.4, -0.2) is 23.2 Å². The predicted molar refractivity (Wildman–Crippen MR) is 78.8 cm³/mol. The van der Waals surface area contributed by atoms with E-state index in [4.69, 9.17) is 0 Å². The summed E-state index contributed by atoms with van der Waals surface area (Å²) in [5, 5.41) is 13.0. The SMILES string of the molecule is O=C(O)[C@@H](NC1Cc2ccccc2C1)C1CCCCC1. The van der Waals surface area contributed by atoms with E-state index in [-0.39, 0.29) is 12.1 Å². The quantitative estimate of drug-likeness (QED) is 0.887. The van der Waals surface area contributed by atoms with Gasteiger partial charge in [-0.05, 0) is 42.7 Å². The van der Waals surface area contributed by atoms with Gasteiger partial charge in [-0.15, -0.1) is 0 Å². The molecule has 0 radical (unpaired) electrons. The Morgan fingerprint density at radius 1 is 1.10 bits per heavy atom. The molecule has 1 saturated carbocycles. The van der Waals surface area contributed by atoms with E-state index < -0.39 is 5.97 Å². The molecule has 3 heteroatoms. The van der Waals surface area contributed by atoms with Crippen molar-refractivity contribution in [2.45, 2.75) is 57.0 Å². The van der Waals surface area contributed by atoms with Crippen molar-refractivity contribution in [2.24, 2.45) is 5.92 Å². The maximum atomic E-state index is 11.6. The summed E-state index contributed by atoms with van der Waals surface area (Å²) in [5.74, 6) is -0.363. The summed E-state index contributed by atoms with van der Waals surface area (Å²) in [4.78, 5) is 11.6. The van der Waals surface area contributed by atoms with Gasteiger partial charge < -0.3 is 10.4 Å². The highest BCUT2D eigenvalue weighted by Crippen LogP contribution is 2.28. The Balaban J connectivity index is 1.65. The number of fused-ring (bicyclic) bond motifs is 1. The molecule has 0 saturated heterocycles. The van der Waals surface area contributed by atoms with Gasteiger partial charge in [-0.2, -0.15) is 0 Å². The molecule has 1 aromatic rings. The smallest absolute Gasteiger partial charge is 0.320 e. The summed E-state index contributed by atoms with van der Waals surface area (Å²) in [6.45, 7) is 0. The minimum absolute atomic E-state index is 0.287. The molecule has 3 rings (SSSR count). The third-order valence-electron chi connectivity index (χ3n) is 4.85. The minimum Gasteiger partial charge on any atom is -0.480 e. The zero-order chi connectivity index (χ0) is 13.9. The van der Waals surface area contributed by atoms with E-state index >= 15 is 0 Å². The fourth-order valence-corrected chi connectivity index (χ4v) is 3.81. The second-order valence-corrected chi connectivity index (χ2v) is 6.25. The highest BCUT2D eigenvalue weighted by Gasteiger charge is 2.32. The summed E-state index contributed by atoms with van der Waals surface area (Å²) >= 11 is 0. The topological polar surface area (TPSA) is 49.3 Å². The average Bonchev–Trinajstić information content (AvgIpc) is 2.88. The van der Waals surface area contributed by atoms with Gasteiger partial charge in [0.2, 0.25) is 0 Å². The van der Waals surface area contributed by atoms with Crippen LogP contribution < -0.4 is 5.32 Å². The molecular weight excluding hydrogens is 250 g/mol. The van der Waals surface area contributed by atoms with Crippen molar-refractivity contribution in [3.05, 3.63) is 35.4 Å². The number of carboxylic acid groups (broad SMARTS) is 1. The zero-order valence-electron chi connectivity index (χ0n) is 11.8. The van der Waals surface area contributed by atoms with Crippen molar-refractivity contribution in [3.63, 3.8) is 0 Å². The van der Waals surface area contributed by atoms with Crippen LogP contribution in [0.2, 0.25) is 0 Å². The van der Waals surface area contributed by atoms with Crippen LogP contribution in [0.15, 0.2) is 24.3 Å². The van der Waals surface area contributed by atoms with E-state index in [9.17, 15) is 9.90 Å². The first-order chi connectivity index (χ1) is 9.74. The van der Waals surface area contributed by atoms with Gasteiger partial charge >= 0.3 is 5.97 Å². The largest absolute Gasteiger partial charge is 0.480 e. The molecule has 0 bridgehead atoms. The monoisotopic (exact) mass is 273 g/mol. The molecular formula is C17H23NO2. The lowest BCUT2D eigenvalue weighted by Crippen LogP contribution is -2.48. The average molecular weight is 273 g/mol. The molecule has 1 atom stereocenters. The van der Waals surface area contributed by atoms with Gasteiger partial charge in [-0.3, -0.25) is 4.79 Å². The van der Waals surface area contributed by atoms with Gasteiger partial charge in [0.05, 0.1) is 0 Å². The van der Waals surface area contributed by atoms with Crippen molar-refractivity contribution < 1.29 is 9.90 Å². The molecule has 2 aliphatic rings. The van der Waals surface area contributed by atoms with Crippen LogP contribution in [0.1, 0.15) is 43.2 Å². The van der Waals surface area contributed by atoms with E-state index in [1.54, 1.807) is 0 Å². The highest BCUT2D eigenvalue weighted by atomic mass is 16.4. The van der Waals surface area contributed by atoms with Crippen molar-refractivity contribution in [3.8, 4) is 0 Å². The second kappa shape index (κ2) is 5.96. The Hall–Kier alpha value is -1.35. The fraction of sp³-hybridized carbons (Fsp3) is 0.588. The first-order valence-corrected chi connectivity index (χ1v) is 7.79. The Morgan fingerprint density at radius 2 is 1.70 bits per heavy atom.